The van der Waals surface area contributed by atoms with E-state index in [1.807, 2.05) is 43.3 Å². The van der Waals surface area contributed by atoms with Crippen molar-refractivity contribution < 1.29 is 4.79 Å². The van der Waals surface area contributed by atoms with Crippen molar-refractivity contribution in [1.82, 2.24) is 9.97 Å². The number of H-pyrrole nitrogens is 1. The van der Waals surface area contributed by atoms with Crippen molar-refractivity contribution in [3.05, 3.63) is 48.7 Å². The maximum Gasteiger partial charge on any atom is 0.151 e. The van der Waals surface area contributed by atoms with E-state index in [-0.39, 0.29) is 5.92 Å². The van der Waals surface area contributed by atoms with Gasteiger partial charge in [0, 0.05) is 56.2 Å². The van der Waals surface area contributed by atoms with Crippen LogP contribution in [0, 0.1) is 5.92 Å². The Hall–Kier alpha value is -3.02. The van der Waals surface area contributed by atoms with Crippen LogP contribution in [0.1, 0.15) is 13.8 Å². The molecule has 1 aromatic carbocycles. The number of rotatable bonds is 9. The van der Waals surface area contributed by atoms with Crippen LogP contribution in [-0.4, -0.2) is 49.5 Å². The van der Waals surface area contributed by atoms with Gasteiger partial charge in [0.15, 0.2) is 5.82 Å². The number of nitrogens with zero attached hydrogens (tertiary/aromatic N) is 3. The minimum absolute atomic E-state index is 0.143. The van der Waals surface area contributed by atoms with E-state index < -0.39 is 0 Å². The highest BCUT2D eigenvalue weighted by Crippen LogP contribution is 2.24. The summed E-state index contributed by atoms with van der Waals surface area (Å²) in [4.78, 5) is 23.8. The molecular formula is C22H29N5O. The highest BCUT2D eigenvalue weighted by molar-refractivity contribution is 5.84. The number of pyridine rings is 1. The number of aromatic amines is 1. The maximum atomic E-state index is 11.8. The molecule has 3 aromatic rings. The van der Waals surface area contributed by atoms with Crippen molar-refractivity contribution in [2.45, 2.75) is 19.9 Å². The average molecular weight is 380 g/mol. The molecule has 6 nitrogen and oxygen atoms in total. The lowest BCUT2D eigenvalue weighted by atomic mass is 10.1. The van der Waals surface area contributed by atoms with E-state index in [9.17, 15) is 4.79 Å². The molecule has 0 aliphatic rings. The van der Waals surface area contributed by atoms with Gasteiger partial charge in [0.2, 0.25) is 0 Å². The van der Waals surface area contributed by atoms with Crippen molar-refractivity contribution in [1.29, 1.82) is 0 Å². The van der Waals surface area contributed by atoms with Crippen LogP contribution in [0.25, 0.3) is 10.9 Å². The van der Waals surface area contributed by atoms with Crippen LogP contribution in [0.3, 0.4) is 0 Å². The second kappa shape index (κ2) is 8.78. The van der Waals surface area contributed by atoms with E-state index in [1.165, 1.54) is 5.39 Å². The highest BCUT2D eigenvalue weighted by Gasteiger charge is 2.18. The Labute approximate surface area is 166 Å². The predicted octanol–water partition coefficient (Wildman–Crippen LogP) is 3.77. The molecule has 6 heteroatoms. The molecule has 28 heavy (non-hydrogen) atoms. The number of aldehydes is 1. The summed E-state index contributed by atoms with van der Waals surface area (Å²) in [7, 11) is 3.99. The van der Waals surface area contributed by atoms with Gasteiger partial charge in [-0.15, -0.1) is 0 Å². The molecule has 1 atom stereocenters. The fourth-order valence-corrected chi connectivity index (χ4v) is 3.42. The molecule has 0 fully saturated rings. The molecule has 0 bridgehead atoms. The van der Waals surface area contributed by atoms with E-state index in [0.29, 0.717) is 19.1 Å². The van der Waals surface area contributed by atoms with E-state index in [1.54, 1.807) is 6.20 Å². The molecule has 0 aliphatic heterocycles. The first-order valence-corrected chi connectivity index (χ1v) is 9.64. The van der Waals surface area contributed by atoms with Crippen LogP contribution in [0.2, 0.25) is 0 Å². The lowest BCUT2D eigenvalue weighted by molar-refractivity contribution is -0.110. The molecule has 2 N–H and O–H groups in total. The molecule has 3 rings (SSSR count). The SMILES string of the molecule is CC(C)Nc1cccnc1N(C)CC(C=O)CN(C)c1cc2ccccc2[nH]1. The first-order chi connectivity index (χ1) is 13.5. The molecule has 0 spiro atoms. The first-order valence-electron chi connectivity index (χ1n) is 9.64. The highest BCUT2D eigenvalue weighted by atomic mass is 16.1. The number of anilines is 3. The lowest BCUT2D eigenvalue weighted by Crippen LogP contribution is -2.35. The molecule has 0 amide bonds. The largest absolute Gasteiger partial charge is 0.380 e. The third-order valence-electron chi connectivity index (χ3n) is 4.73. The molecule has 1 unspecified atom stereocenters. The van der Waals surface area contributed by atoms with Crippen molar-refractivity contribution in [3.63, 3.8) is 0 Å². The van der Waals surface area contributed by atoms with Crippen molar-refractivity contribution in [3.8, 4) is 0 Å². The van der Waals surface area contributed by atoms with Crippen LogP contribution in [-0.2, 0) is 4.79 Å². The number of para-hydroxylation sites is 1. The standard InChI is InChI=1S/C22H29N5O/c1-16(2)24-20-10-7-11-23-22(20)27(4)14-17(15-28)13-26(3)21-12-18-8-5-6-9-19(18)25-21/h5-12,15-17,24-25H,13-14H2,1-4H3. The second-order valence-corrected chi connectivity index (χ2v) is 7.57. The minimum Gasteiger partial charge on any atom is -0.380 e. The number of hydrogen-bond acceptors (Lipinski definition) is 5. The van der Waals surface area contributed by atoms with Crippen LogP contribution in [0.4, 0.5) is 17.3 Å². The smallest absolute Gasteiger partial charge is 0.151 e. The minimum atomic E-state index is -0.143. The van der Waals surface area contributed by atoms with Gasteiger partial charge < -0.3 is 24.9 Å². The Bertz CT molecular complexity index is 887. The number of carbonyl (C=O) groups is 1. The normalized spacial score (nSPS) is 12.2. The fraction of sp³-hybridized carbons (Fsp3) is 0.364. The molecular weight excluding hydrogens is 350 g/mol. The van der Waals surface area contributed by atoms with Gasteiger partial charge in [-0.05, 0) is 38.1 Å². The summed E-state index contributed by atoms with van der Waals surface area (Å²) in [5, 5.41) is 4.59. The van der Waals surface area contributed by atoms with Gasteiger partial charge in [-0.2, -0.15) is 0 Å². The Balaban J connectivity index is 1.69. The van der Waals surface area contributed by atoms with Crippen molar-refractivity contribution >= 4 is 34.5 Å². The van der Waals surface area contributed by atoms with E-state index >= 15 is 0 Å². The average Bonchev–Trinajstić information content (AvgIpc) is 3.11. The summed E-state index contributed by atoms with van der Waals surface area (Å²) in [6.07, 6.45) is 2.82. The van der Waals surface area contributed by atoms with Gasteiger partial charge in [0.05, 0.1) is 5.69 Å². The van der Waals surface area contributed by atoms with Gasteiger partial charge in [-0.25, -0.2) is 4.98 Å². The number of nitrogens with one attached hydrogen (secondary N) is 2. The predicted molar refractivity (Wildman–Crippen MR) is 117 cm³/mol. The number of carbonyl (C=O) groups excluding carboxylic acids is 1. The van der Waals surface area contributed by atoms with E-state index in [0.717, 1.165) is 29.1 Å². The molecule has 2 aromatic heterocycles. The monoisotopic (exact) mass is 379 g/mol. The third-order valence-corrected chi connectivity index (χ3v) is 4.73. The molecule has 0 aliphatic carbocycles. The van der Waals surface area contributed by atoms with Crippen LogP contribution >= 0.6 is 0 Å². The Morgan fingerprint density at radius 3 is 2.57 bits per heavy atom. The molecule has 0 saturated heterocycles. The summed E-state index contributed by atoms with van der Waals surface area (Å²) < 4.78 is 0. The van der Waals surface area contributed by atoms with Gasteiger partial charge in [-0.3, -0.25) is 0 Å². The van der Waals surface area contributed by atoms with Crippen molar-refractivity contribution in [2.75, 3.05) is 42.3 Å². The Kier molecular flexibility index (Phi) is 6.19. The number of aromatic nitrogens is 2. The van der Waals surface area contributed by atoms with Crippen molar-refractivity contribution in [2.24, 2.45) is 5.92 Å². The van der Waals surface area contributed by atoms with Gasteiger partial charge in [0.25, 0.3) is 0 Å². The molecule has 0 radical (unpaired) electrons. The first kappa shape index (κ1) is 19.7. The zero-order chi connectivity index (χ0) is 20.1. The van der Waals surface area contributed by atoms with Gasteiger partial charge in [0.1, 0.15) is 12.1 Å². The van der Waals surface area contributed by atoms with Crippen LogP contribution in [0.15, 0.2) is 48.7 Å². The maximum absolute atomic E-state index is 11.8. The fourth-order valence-electron chi connectivity index (χ4n) is 3.42. The number of benzene rings is 1. The second-order valence-electron chi connectivity index (χ2n) is 7.57. The van der Waals surface area contributed by atoms with Gasteiger partial charge >= 0.3 is 0 Å². The third kappa shape index (κ3) is 4.63. The Morgan fingerprint density at radius 2 is 1.86 bits per heavy atom. The summed E-state index contributed by atoms with van der Waals surface area (Å²) >= 11 is 0. The quantitative estimate of drug-likeness (QED) is 0.554. The Morgan fingerprint density at radius 1 is 1.11 bits per heavy atom. The number of fused-ring (bicyclic) bond motifs is 1. The van der Waals surface area contributed by atoms with Crippen LogP contribution < -0.4 is 15.1 Å². The zero-order valence-electron chi connectivity index (χ0n) is 17.0. The summed E-state index contributed by atoms with van der Waals surface area (Å²) in [5.41, 5.74) is 2.08. The molecule has 2 heterocycles. The molecule has 0 saturated carbocycles. The van der Waals surface area contributed by atoms with E-state index in [2.05, 4.69) is 52.2 Å². The number of hydrogen-bond donors (Lipinski definition) is 2. The van der Waals surface area contributed by atoms with Crippen LogP contribution in [0.5, 0.6) is 0 Å². The summed E-state index contributed by atoms with van der Waals surface area (Å²) in [5.74, 6) is 1.72. The topological polar surface area (TPSA) is 64.3 Å². The van der Waals surface area contributed by atoms with Gasteiger partial charge in [-0.1, -0.05) is 18.2 Å². The lowest BCUT2D eigenvalue weighted by Gasteiger charge is -2.27. The van der Waals surface area contributed by atoms with E-state index in [4.69, 9.17) is 0 Å². The zero-order valence-corrected chi connectivity index (χ0v) is 17.0. The molecule has 148 valence electrons. The summed E-state index contributed by atoms with van der Waals surface area (Å²) in [6.45, 7) is 5.42. The summed E-state index contributed by atoms with van der Waals surface area (Å²) in [6, 6.07) is 14.5.